The van der Waals surface area contributed by atoms with E-state index in [0.717, 1.165) is 10.8 Å². The lowest BCUT2D eigenvalue weighted by Gasteiger charge is -2.14. The minimum atomic E-state index is -0.713. The molecule has 0 spiro atoms. The monoisotopic (exact) mass is 518 g/mol. The van der Waals surface area contributed by atoms with Crippen molar-refractivity contribution in [3.05, 3.63) is 124 Å². The van der Waals surface area contributed by atoms with Gasteiger partial charge < -0.3 is 13.7 Å². The van der Waals surface area contributed by atoms with E-state index < -0.39 is 11.9 Å². The Labute approximate surface area is 221 Å². The van der Waals surface area contributed by atoms with Gasteiger partial charge in [0.15, 0.2) is 5.49 Å². The third-order valence-corrected chi connectivity index (χ3v) is 6.41. The highest BCUT2D eigenvalue weighted by Gasteiger charge is 2.21. The Morgan fingerprint density at radius 2 is 1.77 bits per heavy atom. The number of pyridine rings is 2. The summed E-state index contributed by atoms with van der Waals surface area (Å²) < 4.78 is 13.8. The smallest absolute Gasteiger partial charge is 0.341 e. The average Bonchev–Trinajstić information content (AvgIpc) is 3.47. The molecule has 0 aliphatic rings. The van der Waals surface area contributed by atoms with Crippen LogP contribution in [0.2, 0.25) is 0 Å². The second kappa shape index (κ2) is 9.86. The molecule has 4 heterocycles. The maximum Gasteiger partial charge on any atom is 0.341 e. The zero-order valence-electron chi connectivity index (χ0n) is 20.9. The largest absolute Gasteiger partial charge is 0.467 e. The van der Waals surface area contributed by atoms with Crippen LogP contribution in [0.25, 0.3) is 27.5 Å². The summed E-state index contributed by atoms with van der Waals surface area (Å²) in [5, 5.41) is 1.78. The van der Waals surface area contributed by atoms with E-state index in [-0.39, 0.29) is 40.8 Å². The topological polar surface area (TPSA) is 108 Å². The Kier molecular flexibility index (Phi) is 6.08. The van der Waals surface area contributed by atoms with Crippen molar-refractivity contribution in [1.82, 2.24) is 14.0 Å². The standard InChI is InChI=1S/C30H22N4O5/c1-2-38-30(37)24-17-23-26(31-25-14-5-6-15-33(25)29(23)36)34(18-20-11-8-16-39-20)27(24)32-28(35)22-13-7-10-19-9-3-4-12-21(19)22/h3-17H,2,18H2,1H3. The molecule has 192 valence electrons. The highest BCUT2D eigenvalue weighted by Crippen LogP contribution is 2.20. The number of ether oxygens (including phenoxy) is 1. The highest BCUT2D eigenvalue weighted by molar-refractivity contribution is 6.07. The van der Waals surface area contributed by atoms with Gasteiger partial charge in [-0.15, -0.1) is 0 Å². The van der Waals surface area contributed by atoms with Crippen LogP contribution in [0, 0.1) is 0 Å². The first kappa shape index (κ1) is 24.1. The molecular formula is C30H22N4O5. The summed E-state index contributed by atoms with van der Waals surface area (Å²) in [7, 11) is 0. The van der Waals surface area contributed by atoms with Crippen LogP contribution in [0.3, 0.4) is 0 Å². The summed E-state index contributed by atoms with van der Waals surface area (Å²) in [5.74, 6) is -0.747. The number of furan rings is 1. The number of nitrogens with zero attached hydrogens (tertiary/aromatic N) is 4. The number of esters is 1. The first-order valence-corrected chi connectivity index (χ1v) is 12.4. The number of amides is 1. The van der Waals surface area contributed by atoms with Crippen molar-refractivity contribution in [2.24, 2.45) is 4.99 Å². The number of hydrogen-bond donors (Lipinski definition) is 0. The van der Waals surface area contributed by atoms with Gasteiger partial charge >= 0.3 is 5.97 Å². The molecule has 2 aromatic carbocycles. The number of aromatic nitrogens is 3. The van der Waals surface area contributed by atoms with Crippen LogP contribution in [-0.2, 0) is 11.3 Å². The first-order valence-electron chi connectivity index (χ1n) is 12.4. The molecule has 0 radical (unpaired) electrons. The van der Waals surface area contributed by atoms with Crippen molar-refractivity contribution in [1.29, 1.82) is 0 Å². The molecule has 0 aliphatic heterocycles. The molecule has 0 fully saturated rings. The van der Waals surface area contributed by atoms with E-state index in [0.29, 0.717) is 17.0 Å². The van der Waals surface area contributed by atoms with Crippen molar-refractivity contribution in [2.45, 2.75) is 13.5 Å². The van der Waals surface area contributed by atoms with Crippen molar-refractivity contribution >= 4 is 39.3 Å². The second-order valence-electron chi connectivity index (χ2n) is 8.79. The number of carbonyl (C=O) groups is 2. The number of hydrogen-bond acceptors (Lipinski definition) is 6. The Hall–Kier alpha value is -5.31. The summed E-state index contributed by atoms with van der Waals surface area (Å²) in [4.78, 5) is 49.6. The Morgan fingerprint density at radius 3 is 2.59 bits per heavy atom. The molecule has 9 heteroatoms. The fraction of sp³-hybridized carbons (Fsp3) is 0.100. The minimum Gasteiger partial charge on any atom is -0.467 e. The van der Waals surface area contributed by atoms with Crippen LogP contribution in [0.5, 0.6) is 0 Å². The number of carbonyl (C=O) groups excluding carboxylic acids is 2. The quantitative estimate of drug-likeness (QED) is 0.248. The molecule has 6 rings (SSSR count). The van der Waals surface area contributed by atoms with Gasteiger partial charge in [0.1, 0.15) is 22.6 Å². The fourth-order valence-corrected chi connectivity index (χ4v) is 4.63. The molecule has 6 aromatic rings. The van der Waals surface area contributed by atoms with E-state index in [1.54, 1.807) is 60.2 Å². The molecule has 1 amide bonds. The zero-order chi connectivity index (χ0) is 26.9. The Morgan fingerprint density at radius 1 is 0.949 bits per heavy atom. The van der Waals surface area contributed by atoms with Gasteiger partial charge in [0.05, 0.1) is 24.8 Å². The minimum absolute atomic E-state index is 0.0162. The number of rotatable bonds is 5. The lowest BCUT2D eigenvalue weighted by atomic mass is 10.0. The highest BCUT2D eigenvalue weighted by atomic mass is 16.5. The third kappa shape index (κ3) is 4.29. The molecule has 0 N–H and O–H groups in total. The molecule has 0 bridgehead atoms. The molecule has 0 unspecified atom stereocenters. The van der Waals surface area contributed by atoms with Crippen molar-refractivity contribution in [2.75, 3.05) is 6.61 Å². The molecule has 0 saturated carbocycles. The van der Waals surface area contributed by atoms with E-state index in [4.69, 9.17) is 14.1 Å². The Bertz CT molecular complexity index is 2010. The molecule has 4 aromatic heterocycles. The van der Waals surface area contributed by atoms with Gasteiger partial charge in [-0.3, -0.25) is 14.0 Å². The number of benzene rings is 2. The zero-order valence-corrected chi connectivity index (χ0v) is 20.9. The number of fused-ring (bicyclic) bond motifs is 3. The molecule has 9 nitrogen and oxygen atoms in total. The van der Waals surface area contributed by atoms with Gasteiger partial charge in [-0.05, 0) is 54.1 Å². The van der Waals surface area contributed by atoms with Gasteiger partial charge in [-0.1, -0.05) is 42.5 Å². The van der Waals surface area contributed by atoms with E-state index in [1.807, 2.05) is 30.3 Å². The lowest BCUT2D eigenvalue weighted by molar-refractivity contribution is 0.0523. The van der Waals surface area contributed by atoms with Crippen LogP contribution in [0.15, 0.2) is 106 Å². The van der Waals surface area contributed by atoms with Crippen LogP contribution in [0.4, 0.5) is 0 Å². The van der Waals surface area contributed by atoms with Gasteiger partial charge in [0, 0.05) is 11.8 Å². The maximum atomic E-state index is 13.7. The van der Waals surface area contributed by atoms with Crippen LogP contribution < -0.4 is 11.0 Å². The summed E-state index contributed by atoms with van der Waals surface area (Å²) in [5.41, 5.74) is 0.639. The average molecular weight is 519 g/mol. The molecular weight excluding hydrogens is 496 g/mol. The second-order valence-corrected chi connectivity index (χ2v) is 8.79. The van der Waals surface area contributed by atoms with Gasteiger partial charge in [0.25, 0.3) is 11.5 Å². The maximum absolute atomic E-state index is 13.7. The summed E-state index contributed by atoms with van der Waals surface area (Å²) in [6.07, 6.45) is 3.12. The summed E-state index contributed by atoms with van der Waals surface area (Å²) >= 11 is 0. The van der Waals surface area contributed by atoms with Gasteiger partial charge in [0.2, 0.25) is 0 Å². The van der Waals surface area contributed by atoms with E-state index in [9.17, 15) is 14.4 Å². The van der Waals surface area contributed by atoms with Crippen molar-refractivity contribution in [3.63, 3.8) is 0 Å². The normalized spacial score (nSPS) is 11.9. The van der Waals surface area contributed by atoms with Crippen LogP contribution in [0.1, 0.15) is 33.4 Å². The van der Waals surface area contributed by atoms with E-state index >= 15 is 0 Å². The predicted molar refractivity (Wildman–Crippen MR) is 145 cm³/mol. The summed E-state index contributed by atoms with van der Waals surface area (Å²) in [6.45, 7) is 1.84. The summed E-state index contributed by atoms with van der Waals surface area (Å²) in [6, 6.07) is 22.9. The third-order valence-electron chi connectivity index (χ3n) is 6.41. The molecule has 0 aliphatic carbocycles. The lowest BCUT2D eigenvalue weighted by Crippen LogP contribution is -2.33. The van der Waals surface area contributed by atoms with E-state index in [1.165, 1.54) is 16.7 Å². The molecule has 0 saturated heterocycles. The SMILES string of the molecule is CCOC(=O)c1cc2c(=O)n3ccccc3nc2n(Cc2ccco2)c1=NC(=O)c1cccc2ccccc12. The molecule has 39 heavy (non-hydrogen) atoms. The van der Waals surface area contributed by atoms with E-state index in [2.05, 4.69) is 4.99 Å². The van der Waals surface area contributed by atoms with Crippen LogP contribution in [-0.4, -0.2) is 32.4 Å². The van der Waals surface area contributed by atoms with Gasteiger partial charge in [-0.25, -0.2) is 9.78 Å². The predicted octanol–water partition coefficient (Wildman–Crippen LogP) is 4.36. The van der Waals surface area contributed by atoms with Gasteiger partial charge in [-0.2, -0.15) is 4.99 Å². The fourth-order valence-electron chi connectivity index (χ4n) is 4.63. The van der Waals surface area contributed by atoms with Crippen LogP contribution >= 0.6 is 0 Å². The molecule has 0 atom stereocenters. The van der Waals surface area contributed by atoms with Crippen molar-refractivity contribution < 1.29 is 18.7 Å². The Balaban J connectivity index is 1.72. The van der Waals surface area contributed by atoms with Crippen molar-refractivity contribution in [3.8, 4) is 0 Å². The first-order chi connectivity index (χ1) is 19.0.